The van der Waals surface area contributed by atoms with Crippen LogP contribution >= 0.6 is 27.5 Å². The summed E-state index contributed by atoms with van der Waals surface area (Å²) in [5.41, 5.74) is 1.89. The van der Waals surface area contributed by atoms with E-state index < -0.39 is 0 Å². The Morgan fingerprint density at radius 3 is 2.47 bits per heavy atom. The van der Waals surface area contributed by atoms with Crippen molar-refractivity contribution in [1.82, 2.24) is 0 Å². The van der Waals surface area contributed by atoms with E-state index in [0.29, 0.717) is 17.0 Å². The molecule has 0 saturated heterocycles. The minimum absolute atomic E-state index is 0.224. The van der Waals surface area contributed by atoms with E-state index in [4.69, 9.17) is 11.6 Å². The first-order valence-corrected chi connectivity index (χ1v) is 7.57. The molecule has 0 aliphatic heterocycles. The number of benzene rings is 2. The van der Waals surface area contributed by atoms with Gasteiger partial charge in [-0.1, -0.05) is 63.9 Å². The minimum atomic E-state index is -0.225. The molecule has 0 saturated carbocycles. The van der Waals surface area contributed by atoms with Crippen molar-refractivity contribution in [1.29, 1.82) is 0 Å². The zero-order chi connectivity index (χ0) is 13.7. The van der Waals surface area contributed by atoms with Crippen molar-refractivity contribution >= 4 is 27.5 Å². The number of halogens is 3. The van der Waals surface area contributed by atoms with E-state index in [0.717, 1.165) is 12.8 Å². The molecule has 0 aliphatic rings. The molecule has 0 nitrogen and oxygen atoms in total. The molecule has 0 heterocycles. The van der Waals surface area contributed by atoms with E-state index in [-0.39, 0.29) is 10.6 Å². The maximum absolute atomic E-state index is 13.7. The smallest absolute Gasteiger partial charge is 0.127 e. The maximum Gasteiger partial charge on any atom is 0.127 e. The first-order valence-electron chi connectivity index (χ1n) is 6.27. The van der Waals surface area contributed by atoms with E-state index in [1.165, 1.54) is 11.6 Å². The van der Waals surface area contributed by atoms with Crippen LogP contribution in [0.15, 0.2) is 48.5 Å². The van der Waals surface area contributed by atoms with E-state index in [9.17, 15) is 4.39 Å². The highest BCUT2D eigenvalue weighted by Crippen LogP contribution is 2.24. The molecule has 1 atom stereocenters. The highest BCUT2D eigenvalue weighted by molar-refractivity contribution is 9.09. The summed E-state index contributed by atoms with van der Waals surface area (Å²) >= 11 is 9.65. The summed E-state index contributed by atoms with van der Waals surface area (Å²) in [4.78, 5) is 0.224. The van der Waals surface area contributed by atoms with Gasteiger partial charge < -0.3 is 0 Å². The summed E-state index contributed by atoms with van der Waals surface area (Å²) in [5, 5.41) is 0.504. The van der Waals surface area contributed by atoms with Crippen molar-refractivity contribution in [2.45, 2.75) is 24.1 Å². The van der Waals surface area contributed by atoms with Crippen LogP contribution in [0.1, 0.15) is 17.5 Å². The molecule has 2 aromatic carbocycles. The summed E-state index contributed by atoms with van der Waals surface area (Å²) in [6, 6.07) is 15.1. The number of aryl methyl sites for hydroxylation is 1. The topological polar surface area (TPSA) is 0 Å². The lowest BCUT2D eigenvalue weighted by Gasteiger charge is -2.12. The fourth-order valence-corrected chi connectivity index (χ4v) is 2.81. The number of alkyl halides is 1. The molecule has 3 heteroatoms. The third-order valence-electron chi connectivity index (χ3n) is 3.08. The summed E-state index contributed by atoms with van der Waals surface area (Å²) in [5.74, 6) is -0.225. The standard InChI is InChI=1S/C16H15BrClF/c17-13(10-9-12-5-2-1-3-6-12)11-14-15(18)7-4-8-16(14)19/h1-8,13H,9-11H2. The first-order chi connectivity index (χ1) is 9.16. The van der Waals surface area contributed by atoms with Crippen LogP contribution in [0.3, 0.4) is 0 Å². The Kier molecular flexibility index (Phi) is 5.41. The maximum atomic E-state index is 13.7. The molecular formula is C16H15BrClF. The Morgan fingerprint density at radius 1 is 1.05 bits per heavy atom. The molecule has 1 unspecified atom stereocenters. The molecule has 0 amide bonds. The molecule has 2 aromatic rings. The van der Waals surface area contributed by atoms with Gasteiger partial charge in [-0.15, -0.1) is 0 Å². The average Bonchev–Trinajstić information content (AvgIpc) is 2.42. The van der Waals surface area contributed by atoms with Gasteiger partial charge in [-0.2, -0.15) is 0 Å². The van der Waals surface area contributed by atoms with Crippen LogP contribution in [-0.4, -0.2) is 4.83 Å². The summed E-state index contributed by atoms with van der Waals surface area (Å²) in [6.07, 6.45) is 2.54. The van der Waals surface area contributed by atoms with Crippen molar-refractivity contribution < 1.29 is 4.39 Å². The van der Waals surface area contributed by atoms with Crippen LogP contribution in [-0.2, 0) is 12.8 Å². The number of rotatable bonds is 5. The van der Waals surface area contributed by atoms with Crippen LogP contribution in [0.5, 0.6) is 0 Å². The van der Waals surface area contributed by atoms with Gasteiger partial charge in [0, 0.05) is 15.4 Å². The second-order valence-corrected chi connectivity index (χ2v) is 6.23. The van der Waals surface area contributed by atoms with Gasteiger partial charge in [0.15, 0.2) is 0 Å². The van der Waals surface area contributed by atoms with E-state index >= 15 is 0 Å². The normalized spacial score (nSPS) is 12.4. The zero-order valence-electron chi connectivity index (χ0n) is 10.5. The zero-order valence-corrected chi connectivity index (χ0v) is 12.8. The molecule has 0 N–H and O–H groups in total. The summed E-state index contributed by atoms with van der Waals surface area (Å²) < 4.78 is 13.7. The Morgan fingerprint density at radius 2 is 1.79 bits per heavy atom. The molecule has 0 fully saturated rings. The second-order valence-electron chi connectivity index (χ2n) is 4.53. The Bertz CT molecular complexity index is 507. The van der Waals surface area contributed by atoms with Crippen LogP contribution in [0, 0.1) is 5.82 Å². The predicted octanol–water partition coefficient (Wildman–Crippen LogP) is 5.42. The van der Waals surface area contributed by atoms with Gasteiger partial charge in [-0.05, 0) is 37.0 Å². The highest BCUT2D eigenvalue weighted by atomic mass is 79.9. The van der Waals surface area contributed by atoms with Gasteiger partial charge in [-0.3, -0.25) is 0 Å². The Balaban J connectivity index is 1.93. The predicted molar refractivity (Wildman–Crippen MR) is 82.6 cm³/mol. The van der Waals surface area contributed by atoms with Crippen LogP contribution in [0.2, 0.25) is 5.02 Å². The SMILES string of the molecule is Fc1cccc(Cl)c1CC(Br)CCc1ccccc1. The first kappa shape index (κ1) is 14.5. The summed E-state index contributed by atoms with van der Waals surface area (Å²) in [7, 11) is 0. The lowest BCUT2D eigenvalue weighted by molar-refractivity contribution is 0.603. The van der Waals surface area contributed by atoms with Crippen LogP contribution in [0.25, 0.3) is 0 Å². The minimum Gasteiger partial charge on any atom is -0.207 e. The fourth-order valence-electron chi connectivity index (χ4n) is 2.02. The van der Waals surface area contributed by atoms with Gasteiger partial charge in [-0.25, -0.2) is 4.39 Å². The molecule has 19 heavy (non-hydrogen) atoms. The third-order valence-corrected chi connectivity index (χ3v) is 4.21. The molecule has 0 radical (unpaired) electrons. The Hall–Kier alpha value is -0.860. The second kappa shape index (κ2) is 7.06. The molecule has 2 rings (SSSR count). The van der Waals surface area contributed by atoms with Gasteiger partial charge in [0.05, 0.1) is 0 Å². The molecule has 100 valence electrons. The van der Waals surface area contributed by atoms with Crippen molar-refractivity contribution in [2.24, 2.45) is 0 Å². The van der Waals surface area contributed by atoms with Gasteiger partial charge in [0.25, 0.3) is 0 Å². The van der Waals surface area contributed by atoms with Crippen molar-refractivity contribution in [3.05, 3.63) is 70.5 Å². The molecular weight excluding hydrogens is 327 g/mol. The van der Waals surface area contributed by atoms with E-state index in [1.54, 1.807) is 12.1 Å². The van der Waals surface area contributed by atoms with Crippen molar-refractivity contribution in [3.63, 3.8) is 0 Å². The van der Waals surface area contributed by atoms with Crippen molar-refractivity contribution in [3.8, 4) is 0 Å². The quantitative estimate of drug-likeness (QED) is 0.637. The Labute approximate surface area is 126 Å². The molecule has 0 spiro atoms. The molecule has 0 aliphatic carbocycles. The average molecular weight is 342 g/mol. The fraction of sp³-hybridized carbons (Fsp3) is 0.250. The number of hydrogen-bond donors (Lipinski definition) is 0. The van der Waals surface area contributed by atoms with Crippen molar-refractivity contribution in [2.75, 3.05) is 0 Å². The molecule has 0 bridgehead atoms. The van der Waals surface area contributed by atoms with E-state index in [2.05, 4.69) is 28.1 Å². The summed E-state index contributed by atoms with van der Waals surface area (Å²) in [6.45, 7) is 0. The largest absolute Gasteiger partial charge is 0.207 e. The van der Waals surface area contributed by atoms with Gasteiger partial charge in [0.1, 0.15) is 5.82 Å². The third kappa shape index (κ3) is 4.32. The van der Waals surface area contributed by atoms with E-state index in [1.807, 2.05) is 18.2 Å². The highest BCUT2D eigenvalue weighted by Gasteiger charge is 2.12. The lowest BCUT2D eigenvalue weighted by atomic mass is 10.0. The van der Waals surface area contributed by atoms with Gasteiger partial charge in [0.2, 0.25) is 0 Å². The van der Waals surface area contributed by atoms with Crippen LogP contribution < -0.4 is 0 Å². The lowest BCUT2D eigenvalue weighted by Crippen LogP contribution is -2.06. The van der Waals surface area contributed by atoms with Gasteiger partial charge >= 0.3 is 0 Å². The monoisotopic (exact) mass is 340 g/mol. The van der Waals surface area contributed by atoms with Crippen LogP contribution in [0.4, 0.5) is 4.39 Å². The molecule has 0 aromatic heterocycles. The number of hydrogen-bond acceptors (Lipinski definition) is 0.